The molecule has 1 heterocycles. The lowest BCUT2D eigenvalue weighted by atomic mass is 9.97. The van der Waals surface area contributed by atoms with Gasteiger partial charge >= 0.3 is 0 Å². The van der Waals surface area contributed by atoms with Gasteiger partial charge in [0.25, 0.3) is 0 Å². The van der Waals surface area contributed by atoms with E-state index in [-0.39, 0.29) is 0 Å². The number of pyridine rings is 1. The van der Waals surface area contributed by atoms with E-state index in [1.165, 1.54) is 21.7 Å². The van der Waals surface area contributed by atoms with E-state index in [2.05, 4.69) is 63.0 Å². The molecule has 1 aromatic carbocycles. The fourth-order valence-corrected chi connectivity index (χ4v) is 3.60. The Bertz CT molecular complexity index is 561. The quantitative estimate of drug-likeness (QED) is 0.678. The van der Waals surface area contributed by atoms with Gasteiger partial charge in [-0.05, 0) is 29.0 Å². The van der Waals surface area contributed by atoms with Gasteiger partial charge in [-0.3, -0.25) is 0 Å². The molecule has 21 heavy (non-hydrogen) atoms. The standard InChI is InChI=1S/C19H25NS/c1-14(2)16-8-9-18(15(3)4)19(13-16)21-12-10-17-7-5-6-11-20-17/h5-9,11,13-15H,10,12H2,1-4H3/p+1. The molecule has 0 unspecified atom stereocenters. The van der Waals surface area contributed by atoms with Gasteiger partial charge in [0.15, 0.2) is 11.9 Å². The molecule has 0 aliphatic heterocycles. The fraction of sp³-hybridized carbons (Fsp3) is 0.421. The van der Waals surface area contributed by atoms with Crippen molar-refractivity contribution in [2.45, 2.75) is 50.8 Å². The Hall–Kier alpha value is -1.28. The summed E-state index contributed by atoms with van der Waals surface area (Å²) in [5.74, 6) is 2.28. The van der Waals surface area contributed by atoms with Gasteiger partial charge in [-0.2, -0.15) is 0 Å². The molecule has 0 radical (unpaired) electrons. The van der Waals surface area contributed by atoms with Crippen molar-refractivity contribution in [3.63, 3.8) is 0 Å². The molecule has 1 aromatic heterocycles. The third-order valence-electron chi connectivity index (χ3n) is 3.73. The van der Waals surface area contributed by atoms with Crippen LogP contribution in [-0.2, 0) is 6.42 Å². The van der Waals surface area contributed by atoms with E-state index in [1.54, 1.807) is 0 Å². The van der Waals surface area contributed by atoms with Crippen LogP contribution in [0, 0.1) is 0 Å². The molecule has 0 saturated carbocycles. The molecule has 0 aliphatic rings. The summed E-state index contributed by atoms with van der Waals surface area (Å²) in [6, 6.07) is 13.3. The highest BCUT2D eigenvalue weighted by molar-refractivity contribution is 7.99. The minimum Gasteiger partial charge on any atom is -0.215 e. The van der Waals surface area contributed by atoms with Crippen LogP contribution in [0.15, 0.2) is 47.5 Å². The van der Waals surface area contributed by atoms with Crippen molar-refractivity contribution in [2.24, 2.45) is 0 Å². The second-order valence-electron chi connectivity index (χ2n) is 6.09. The molecule has 2 rings (SSSR count). The van der Waals surface area contributed by atoms with E-state index >= 15 is 0 Å². The van der Waals surface area contributed by atoms with Gasteiger partial charge < -0.3 is 0 Å². The van der Waals surface area contributed by atoms with Gasteiger partial charge in [-0.25, -0.2) is 4.98 Å². The Balaban J connectivity index is 2.08. The largest absolute Gasteiger partial charge is 0.215 e. The van der Waals surface area contributed by atoms with E-state index in [4.69, 9.17) is 0 Å². The minimum absolute atomic E-state index is 0.581. The van der Waals surface area contributed by atoms with Gasteiger partial charge in [0.05, 0.1) is 0 Å². The minimum atomic E-state index is 0.581. The van der Waals surface area contributed by atoms with Crippen LogP contribution < -0.4 is 4.98 Å². The summed E-state index contributed by atoms with van der Waals surface area (Å²) in [4.78, 5) is 4.76. The number of aromatic nitrogens is 1. The average Bonchev–Trinajstić information content (AvgIpc) is 2.48. The smallest absolute Gasteiger partial charge is 0.180 e. The average molecular weight is 300 g/mol. The summed E-state index contributed by atoms with van der Waals surface area (Å²) in [6.45, 7) is 9.08. The zero-order chi connectivity index (χ0) is 15.2. The lowest BCUT2D eigenvalue weighted by molar-refractivity contribution is -0.389. The van der Waals surface area contributed by atoms with E-state index in [1.807, 2.05) is 24.0 Å². The first-order valence-corrected chi connectivity index (χ1v) is 8.78. The van der Waals surface area contributed by atoms with Gasteiger partial charge in [-0.1, -0.05) is 45.9 Å². The molecule has 1 nitrogen and oxygen atoms in total. The molecule has 0 amide bonds. The first-order valence-electron chi connectivity index (χ1n) is 7.80. The van der Waals surface area contributed by atoms with Crippen molar-refractivity contribution < 1.29 is 4.98 Å². The van der Waals surface area contributed by atoms with Crippen LogP contribution in [0.1, 0.15) is 56.4 Å². The van der Waals surface area contributed by atoms with Gasteiger partial charge in [0, 0.05) is 29.2 Å². The predicted molar refractivity (Wildman–Crippen MR) is 92.0 cm³/mol. The van der Waals surface area contributed by atoms with Crippen LogP contribution >= 0.6 is 11.8 Å². The number of nitrogens with one attached hydrogen (secondary N) is 1. The molecule has 2 aromatic rings. The Labute approximate surface area is 133 Å². The topological polar surface area (TPSA) is 14.1 Å². The number of benzene rings is 1. The first-order chi connectivity index (χ1) is 10.1. The Kier molecular flexibility index (Phi) is 5.86. The Morgan fingerprint density at radius 1 is 1.00 bits per heavy atom. The number of aromatic amines is 1. The lowest BCUT2D eigenvalue weighted by Crippen LogP contribution is -2.09. The summed E-state index contributed by atoms with van der Waals surface area (Å²) in [5, 5.41) is 0. The molecular weight excluding hydrogens is 274 g/mol. The predicted octanol–water partition coefficient (Wildman–Crippen LogP) is 5.08. The van der Waals surface area contributed by atoms with Crippen LogP contribution in [0.5, 0.6) is 0 Å². The van der Waals surface area contributed by atoms with Crippen molar-refractivity contribution in [1.82, 2.24) is 0 Å². The molecule has 0 atom stereocenters. The normalized spacial score (nSPS) is 11.3. The maximum atomic E-state index is 3.31. The van der Waals surface area contributed by atoms with Crippen LogP contribution in [0.2, 0.25) is 0 Å². The number of H-pyrrole nitrogens is 1. The summed E-state index contributed by atoms with van der Waals surface area (Å²) in [6.07, 6.45) is 3.08. The molecule has 0 fully saturated rings. The molecule has 2 heteroatoms. The van der Waals surface area contributed by atoms with Crippen molar-refractivity contribution in [2.75, 3.05) is 5.75 Å². The highest BCUT2D eigenvalue weighted by Gasteiger charge is 2.10. The molecular formula is C19H26NS+. The number of hydrogen-bond acceptors (Lipinski definition) is 1. The highest BCUT2D eigenvalue weighted by atomic mass is 32.2. The summed E-state index contributed by atoms with van der Waals surface area (Å²) >= 11 is 1.98. The first kappa shape index (κ1) is 16.1. The highest BCUT2D eigenvalue weighted by Crippen LogP contribution is 2.31. The van der Waals surface area contributed by atoms with Crippen LogP contribution in [-0.4, -0.2) is 5.75 Å². The van der Waals surface area contributed by atoms with Gasteiger partial charge in [0.1, 0.15) is 0 Å². The zero-order valence-corrected chi connectivity index (χ0v) is 14.3. The number of hydrogen-bond donors (Lipinski definition) is 0. The van der Waals surface area contributed by atoms with Crippen molar-refractivity contribution >= 4 is 11.8 Å². The number of rotatable bonds is 6. The van der Waals surface area contributed by atoms with E-state index in [0.29, 0.717) is 11.8 Å². The van der Waals surface area contributed by atoms with E-state index in [9.17, 15) is 0 Å². The SMILES string of the molecule is CC(C)c1ccc(C(C)C)c(SCCc2cccc[nH+]2)c1. The van der Waals surface area contributed by atoms with Gasteiger partial charge in [-0.15, -0.1) is 11.8 Å². The van der Waals surface area contributed by atoms with E-state index < -0.39 is 0 Å². The van der Waals surface area contributed by atoms with Gasteiger partial charge in [0.2, 0.25) is 0 Å². The number of aryl methyl sites for hydroxylation is 1. The second-order valence-corrected chi connectivity index (χ2v) is 7.23. The molecule has 0 spiro atoms. The molecule has 0 saturated heterocycles. The lowest BCUT2D eigenvalue weighted by Gasteiger charge is -2.15. The third kappa shape index (κ3) is 4.60. The van der Waals surface area contributed by atoms with Crippen LogP contribution in [0.4, 0.5) is 0 Å². The van der Waals surface area contributed by atoms with E-state index in [0.717, 1.165) is 12.2 Å². The molecule has 112 valence electrons. The summed E-state index contributed by atoms with van der Waals surface area (Å²) < 4.78 is 0. The molecule has 0 aliphatic carbocycles. The maximum absolute atomic E-state index is 3.31. The third-order valence-corrected chi connectivity index (χ3v) is 4.80. The zero-order valence-electron chi connectivity index (χ0n) is 13.5. The summed E-state index contributed by atoms with van der Waals surface area (Å²) in [5.41, 5.74) is 4.21. The van der Waals surface area contributed by atoms with Crippen molar-refractivity contribution in [3.8, 4) is 0 Å². The Morgan fingerprint density at radius 3 is 2.43 bits per heavy atom. The Morgan fingerprint density at radius 2 is 1.81 bits per heavy atom. The van der Waals surface area contributed by atoms with Crippen LogP contribution in [0.25, 0.3) is 0 Å². The van der Waals surface area contributed by atoms with Crippen molar-refractivity contribution in [1.29, 1.82) is 0 Å². The second kappa shape index (κ2) is 7.65. The van der Waals surface area contributed by atoms with Crippen molar-refractivity contribution in [3.05, 3.63) is 59.4 Å². The monoisotopic (exact) mass is 300 g/mol. The summed E-state index contributed by atoms with van der Waals surface area (Å²) in [7, 11) is 0. The maximum Gasteiger partial charge on any atom is 0.180 e. The van der Waals surface area contributed by atoms with Crippen LogP contribution in [0.3, 0.4) is 0 Å². The number of thioether (sulfide) groups is 1. The molecule has 0 bridgehead atoms. The molecule has 1 N–H and O–H groups in total. The fourth-order valence-electron chi connectivity index (χ4n) is 2.37.